The number of nitrogens with zero attached hydrogens (tertiary/aromatic N) is 1. The van der Waals surface area contributed by atoms with Crippen molar-refractivity contribution >= 4 is 17.9 Å². The van der Waals surface area contributed by atoms with E-state index in [-0.39, 0.29) is 0 Å². The lowest BCUT2D eigenvalue weighted by Gasteiger charge is -2.20. The van der Waals surface area contributed by atoms with Gasteiger partial charge in [0.15, 0.2) is 0 Å². The lowest BCUT2D eigenvalue weighted by molar-refractivity contribution is -0.137. The molecule has 1 aromatic heterocycles. The molecule has 31 heavy (non-hydrogen) atoms. The van der Waals surface area contributed by atoms with Gasteiger partial charge < -0.3 is 4.74 Å². The molecule has 0 amide bonds. The van der Waals surface area contributed by atoms with Crippen LogP contribution in [-0.2, 0) is 6.18 Å². The third-order valence-corrected chi connectivity index (χ3v) is 5.08. The van der Waals surface area contributed by atoms with E-state index in [0.29, 0.717) is 46.0 Å². The summed E-state index contributed by atoms with van der Waals surface area (Å²) in [6.45, 7) is 2.06. The maximum Gasteiger partial charge on any atom is 0.416 e. The first kappa shape index (κ1) is 22.8. The standard InChI is InChI=1S/C24H21ClF3NO2/c1-2-3-7-23(31-22-13-8-16(15-30)14-19(22)25)21-6-4-5-20(29-21)17-9-11-18(12-10-17)24(26,27)28/h4-6,8-15,23H,2-3,7H2,1H3. The Morgan fingerprint density at radius 2 is 1.84 bits per heavy atom. The van der Waals surface area contributed by atoms with E-state index in [4.69, 9.17) is 16.3 Å². The highest BCUT2D eigenvalue weighted by atomic mass is 35.5. The summed E-state index contributed by atoms with van der Waals surface area (Å²) in [7, 11) is 0. The molecule has 0 aliphatic carbocycles. The smallest absolute Gasteiger partial charge is 0.416 e. The Morgan fingerprint density at radius 3 is 2.45 bits per heavy atom. The minimum atomic E-state index is -4.38. The Balaban J connectivity index is 1.89. The van der Waals surface area contributed by atoms with Gasteiger partial charge in [-0.1, -0.05) is 43.1 Å². The number of hydrogen-bond donors (Lipinski definition) is 0. The molecule has 1 unspecified atom stereocenters. The van der Waals surface area contributed by atoms with Gasteiger partial charge in [0.1, 0.15) is 18.1 Å². The van der Waals surface area contributed by atoms with Crippen molar-refractivity contribution in [3.8, 4) is 17.0 Å². The van der Waals surface area contributed by atoms with E-state index in [1.54, 1.807) is 24.3 Å². The second-order valence-electron chi connectivity index (χ2n) is 7.08. The zero-order valence-corrected chi connectivity index (χ0v) is 17.6. The SMILES string of the molecule is CCCCC(Oc1ccc(C=O)cc1Cl)c1cccc(-c2ccc(C(F)(F)F)cc2)n1. The summed E-state index contributed by atoms with van der Waals surface area (Å²) in [5, 5.41) is 0.324. The highest BCUT2D eigenvalue weighted by Gasteiger charge is 2.30. The fraction of sp³-hybridized carbons (Fsp3) is 0.250. The average Bonchev–Trinajstić information content (AvgIpc) is 2.77. The molecule has 3 rings (SSSR count). The molecule has 1 atom stereocenters. The normalized spacial score (nSPS) is 12.4. The Morgan fingerprint density at radius 1 is 1.10 bits per heavy atom. The fourth-order valence-corrected chi connectivity index (χ4v) is 3.35. The quantitative estimate of drug-likeness (QED) is 0.335. The molecular formula is C24H21ClF3NO2. The first-order valence-corrected chi connectivity index (χ1v) is 10.3. The maximum absolute atomic E-state index is 12.8. The number of carbonyl (C=O) groups excluding carboxylic acids is 1. The second kappa shape index (κ2) is 9.96. The summed E-state index contributed by atoms with van der Waals surface area (Å²) in [4.78, 5) is 15.6. The molecule has 0 aliphatic heterocycles. The molecule has 3 nitrogen and oxygen atoms in total. The van der Waals surface area contributed by atoms with Gasteiger partial charge in [0.25, 0.3) is 0 Å². The summed E-state index contributed by atoms with van der Waals surface area (Å²) in [6, 6.07) is 15.1. The van der Waals surface area contributed by atoms with Crippen molar-refractivity contribution in [3.05, 3.63) is 82.5 Å². The van der Waals surface area contributed by atoms with Crippen LogP contribution < -0.4 is 4.74 Å². The molecule has 0 spiro atoms. The van der Waals surface area contributed by atoms with Crippen molar-refractivity contribution in [1.29, 1.82) is 0 Å². The predicted octanol–water partition coefficient (Wildman–Crippen LogP) is 7.54. The number of benzene rings is 2. The Labute approximate surface area is 183 Å². The molecule has 0 saturated heterocycles. The lowest BCUT2D eigenvalue weighted by atomic mass is 10.1. The second-order valence-corrected chi connectivity index (χ2v) is 7.49. The zero-order valence-electron chi connectivity index (χ0n) is 16.8. The van der Waals surface area contributed by atoms with Crippen LogP contribution in [0.4, 0.5) is 13.2 Å². The Kier molecular flexibility index (Phi) is 7.33. The number of halogens is 4. The van der Waals surface area contributed by atoms with E-state index >= 15 is 0 Å². The third-order valence-electron chi connectivity index (χ3n) is 4.79. The molecular weight excluding hydrogens is 427 g/mol. The van der Waals surface area contributed by atoms with Crippen LogP contribution in [0.2, 0.25) is 5.02 Å². The fourth-order valence-electron chi connectivity index (χ4n) is 3.12. The van der Waals surface area contributed by atoms with Crippen molar-refractivity contribution in [2.75, 3.05) is 0 Å². The van der Waals surface area contributed by atoms with Gasteiger partial charge >= 0.3 is 6.18 Å². The van der Waals surface area contributed by atoms with Gasteiger partial charge in [-0.25, -0.2) is 4.98 Å². The highest BCUT2D eigenvalue weighted by molar-refractivity contribution is 6.32. The molecule has 3 aromatic rings. The van der Waals surface area contributed by atoms with Gasteiger partial charge in [-0.15, -0.1) is 0 Å². The zero-order chi connectivity index (χ0) is 22.4. The van der Waals surface area contributed by atoms with Crippen molar-refractivity contribution in [1.82, 2.24) is 4.98 Å². The molecule has 0 aliphatic rings. The van der Waals surface area contributed by atoms with E-state index in [1.165, 1.54) is 18.2 Å². The van der Waals surface area contributed by atoms with Crippen molar-refractivity contribution in [2.45, 2.75) is 38.5 Å². The van der Waals surface area contributed by atoms with Gasteiger partial charge in [-0.2, -0.15) is 13.2 Å². The number of pyridine rings is 1. The molecule has 7 heteroatoms. The molecule has 162 valence electrons. The predicted molar refractivity (Wildman–Crippen MR) is 114 cm³/mol. The topological polar surface area (TPSA) is 39.2 Å². The van der Waals surface area contributed by atoms with E-state index < -0.39 is 17.8 Å². The van der Waals surface area contributed by atoms with Crippen molar-refractivity contribution in [3.63, 3.8) is 0 Å². The monoisotopic (exact) mass is 447 g/mol. The number of unbranched alkanes of at least 4 members (excludes halogenated alkanes) is 1. The summed E-state index contributed by atoms with van der Waals surface area (Å²) < 4.78 is 44.6. The Hall–Kier alpha value is -2.86. The largest absolute Gasteiger partial charge is 0.483 e. The van der Waals surface area contributed by atoms with E-state index in [0.717, 1.165) is 25.0 Å². The van der Waals surface area contributed by atoms with E-state index in [2.05, 4.69) is 11.9 Å². The minimum Gasteiger partial charge on any atom is -0.483 e. The van der Waals surface area contributed by atoms with Crippen LogP contribution in [0.25, 0.3) is 11.3 Å². The molecule has 0 saturated carbocycles. The van der Waals surface area contributed by atoms with Crippen LogP contribution in [0.3, 0.4) is 0 Å². The van der Waals surface area contributed by atoms with E-state index in [9.17, 15) is 18.0 Å². The molecule has 2 aromatic carbocycles. The van der Waals surface area contributed by atoms with Gasteiger partial charge in [-0.3, -0.25) is 4.79 Å². The van der Waals surface area contributed by atoms with Gasteiger partial charge in [0, 0.05) is 11.1 Å². The summed E-state index contributed by atoms with van der Waals surface area (Å²) in [5.74, 6) is 0.440. The molecule has 0 N–H and O–H groups in total. The van der Waals surface area contributed by atoms with Crippen LogP contribution in [0.5, 0.6) is 5.75 Å². The number of carbonyl (C=O) groups is 1. The van der Waals surface area contributed by atoms with Gasteiger partial charge in [0.2, 0.25) is 0 Å². The minimum absolute atomic E-state index is 0.324. The van der Waals surface area contributed by atoms with Crippen molar-refractivity contribution in [2.24, 2.45) is 0 Å². The van der Waals surface area contributed by atoms with Gasteiger partial charge in [0.05, 0.1) is 22.0 Å². The average molecular weight is 448 g/mol. The molecule has 0 fully saturated rings. The highest BCUT2D eigenvalue weighted by Crippen LogP contribution is 2.33. The number of rotatable bonds is 8. The number of aromatic nitrogens is 1. The lowest BCUT2D eigenvalue weighted by Crippen LogP contribution is -2.10. The number of hydrogen-bond acceptors (Lipinski definition) is 3. The first-order chi connectivity index (χ1) is 14.8. The van der Waals surface area contributed by atoms with Gasteiger partial charge in [-0.05, 0) is 55.3 Å². The maximum atomic E-state index is 12.8. The van der Waals surface area contributed by atoms with E-state index in [1.807, 2.05) is 6.07 Å². The van der Waals surface area contributed by atoms with Crippen LogP contribution in [0.15, 0.2) is 60.7 Å². The molecule has 1 heterocycles. The van der Waals surface area contributed by atoms with Crippen LogP contribution in [0.1, 0.15) is 53.9 Å². The molecule has 0 radical (unpaired) electrons. The van der Waals surface area contributed by atoms with Crippen LogP contribution in [0, 0.1) is 0 Å². The first-order valence-electron chi connectivity index (χ1n) is 9.87. The number of aldehydes is 1. The Bertz CT molecular complexity index is 1040. The van der Waals surface area contributed by atoms with Crippen LogP contribution in [-0.4, -0.2) is 11.3 Å². The van der Waals surface area contributed by atoms with Crippen LogP contribution >= 0.6 is 11.6 Å². The number of ether oxygens (including phenoxy) is 1. The number of alkyl halides is 3. The summed E-state index contributed by atoms with van der Waals surface area (Å²) >= 11 is 6.26. The summed E-state index contributed by atoms with van der Waals surface area (Å²) in [5.41, 5.74) is 1.53. The molecule has 0 bridgehead atoms. The third kappa shape index (κ3) is 5.85. The summed E-state index contributed by atoms with van der Waals surface area (Å²) in [6.07, 6.45) is -1.54. The van der Waals surface area contributed by atoms with Crippen molar-refractivity contribution < 1.29 is 22.7 Å².